The molecule has 3 rings (SSSR count). The Bertz CT molecular complexity index is 1170. The van der Waals surface area contributed by atoms with E-state index < -0.39 is 0 Å². The van der Waals surface area contributed by atoms with E-state index in [1.165, 1.54) is 6.07 Å². The van der Waals surface area contributed by atoms with Crippen LogP contribution < -0.4 is 25.7 Å². The second-order valence-corrected chi connectivity index (χ2v) is 7.47. The van der Waals surface area contributed by atoms with Gasteiger partial charge in [0.1, 0.15) is 0 Å². The Morgan fingerprint density at radius 3 is 2.26 bits per heavy atom. The van der Waals surface area contributed by atoms with Crippen molar-refractivity contribution in [3.05, 3.63) is 93.9 Å². The summed E-state index contributed by atoms with van der Waals surface area (Å²) in [6.45, 7) is 5.32. The van der Waals surface area contributed by atoms with Gasteiger partial charge in [0.05, 0.1) is 26.3 Å². The number of amides is 2. The zero-order chi connectivity index (χ0) is 24.3. The van der Waals surface area contributed by atoms with Crippen molar-refractivity contribution in [2.75, 3.05) is 19.8 Å². The van der Waals surface area contributed by atoms with Gasteiger partial charge in [-0.15, -0.1) is 0 Å². The third-order valence-electron chi connectivity index (χ3n) is 4.98. The van der Waals surface area contributed by atoms with E-state index in [1.807, 2.05) is 44.2 Å². The van der Waals surface area contributed by atoms with E-state index in [1.54, 1.807) is 35.0 Å². The second kappa shape index (κ2) is 12.2. The van der Waals surface area contributed by atoms with Gasteiger partial charge in [0.25, 0.3) is 11.5 Å². The molecule has 0 aliphatic carbocycles. The van der Waals surface area contributed by atoms with Gasteiger partial charge in [0, 0.05) is 24.4 Å². The minimum Gasteiger partial charge on any atom is -0.490 e. The van der Waals surface area contributed by atoms with Crippen LogP contribution in [0, 0.1) is 0 Å². The Kier molecular flexibility index (Phi) is 8.85. The molecule has 0 bridgehead atoms. The summed E-state index contributed by atoms with van der Waals surface area (Å²) in [6, 6.07) is 17.6. The highest BCUT2D eigenvalue weighted by Gasteiger charge is 2.12. The molecule has 2 amide bonds. The number of hydrogen-bond donors (Lipinski definition) is 2. The zero-order valence-electron chi connectivity index (χ0n) is 19.4. The topological polar surface area (TPSA) is 98.7 Å². The number of nitrogens with zero attached hydrogens (tertiary/aromatic N) is 1. The van der Waals surface area contributed by atoms with Gasteiger partial charge in [0.15, 0.2) is 11.5 Å². The maximum absolute atomic E-state index is 12.4. The summed E-state index contributed by atoms with van der Waals surface area (Å²) in [5.74, 6) is 0.381. The lowest BCUT2D eigenvalue weighted by Gasteiger charge is -2.12. The van der Waals surface area contributed by atoms with Crippen LogP contribution in [0.4, 0.5) is 0 Å². The van der Waals surface area contributed by atoms with Crippen LogP contribution in [0.5, 0.6) is 11.5 Å². The standard InChI is InChI=1S/C26H29N3O5/c1-3-33-22-13-12-21(15-23(22)34-4-2)26(32)28-17-24(30)27-16-19-8-10-20(11-9-19)18-29-14-6-5-7-25(29)31/h5-15H,3-4,16-18H2,1-2H3,(H,27,30)(H,28,32). The van der Waals surface area contributed by atoms with E-state index in [-0.39, 0.29) is 23.9 Å². The fraction of sp³-hybridized carbons (Fsp3) is 0.269. The van der Waals surface area contributed by atoms with Crippen molar-refractivity contribution in [1.82, 2.24) is 15.2 Å². The smallest absolute Gasteiger partial charge is 0.251 e. The van der Waals surface area contributed by atoms with Gasteiger partial charge in [-0.2, -0.15) is 0 Å². The summed E-state index contributed by atoms with van der Waals surface area (Å²) in [4.78, 5) is 36.5. The fourth-order valence-corrected chi connectivity index (χ4v) is 3.27. The van der Waals surface area contributed by atoms with Crippen LogP contribution in [0.15, 0.2) is 71.7 Å². The van der Waals surface area contributed by atoms with Crippen LogP contribution in [0.2, 0.25) is 0 Å². The minimum absolute atomic E-state index is 0.0553. The quantitative estimate of drug-likeness (QED) is 0.456. The maximum Gasteiger partial charge on any atom is 0.251 e. The van der Waals surface area contributed by atoms with Crippen molar-refractivity contribution >= 4 is 11.8 Å². The molecule has 0 aliphatic rings. The molecular weight excluding hydrogens is 434 g/mol. The lowest BCUT2D eigenvalue weighted by Crippen LogP contribution is -2.36. The average Bonchev–Trinajstić information content (AvgIpc) is 2.85. The first kappa shape index (κ1) is 24.6. The molecule has 0 unspecified atom stereocenters. The van der Waals surface area contributed by atoms with E-state index in [9.17, 15) is 14.4 Å². The average molecular weight is 464 g/mol. The second-order valence-electron chi connectivity index (χ2n) is 7.47. The molecule has 8 heteroatoms. The Hall–Kier alpha value is -4.07. The largest absolute Gasteiger partial charge is 0.490 e. The highest BCUT2D eigenvalue weighted by atomic mass is 16.5. The highest BCUT2D eigenvalue weighted by molar-refractivity contribution is 5.97. The van der Waals surface area contributed by atoms with E-state index in [4.69, 9.17) is 9.47 Å². The summed E-state index contributed by atoms with van der Waals surface area (Å²) in [7, 11) is 0. The molecule has 178 valence electrons. The van der Waals surface area contributed by atoms with Crippen LogP contribution in [-0.2, 0) is 17.9 Å². The summed E-state index contributed by atoms with van der Waals surface area (Å²) >= 11 is 0. The lowest BCUT2D eigenvalue weighted by molar-refractivity contribution is -0.120. The van der Waals surface area contributed by atoms with E-state index in [0.29, 0.717) is 43.4 Å². The first-order valence-corrected chi connectivity index (χ1v) is 11.2. The van der Waals surface area contributed by atoms with E-state index in [2.05, 4.69) is 10.6 Å². The Morgan fingerprint density at radius 2 is 1.56 bits per heavy atom. The molecule has 0 saturated heterocycles. The third-order valence-corrected chi connectivity index (χ3v) is 4.98. The summed E-state index contributed by atoms with van der Waals surface area (Å²) in [5, 5.41) is 5.41. The number of carbonyl (C=O) groups is 2. The molecule has 2 N–H and O–H groups in total. The summed E-state index contributed by atoms with van der Waals surface area (Å²) in [6.07, 6.45) is 1.75. The predicted octanol–water partition coefficient (Wildman–Crippen LogP) is 2.74. The fourth-order valence-electron chi connectivity index (χ4n) is 3.27. The predicted molar refractivity (Wildman–Crippen MR) is 129 cm³/mol. The van der Waals surface area contributed by atoms with Crippen molar-refractivity contribution in [2.24, 2.45) is 0 Å². The monoisotopic (exact) mass is 463 g/mol. The van der Waals surface area contributed by atoms with Crippen molar-refractivity contribution in [1.29, 1.82) is 0 Å². The molecule has 1 heterocycles. The molecule has 0 aliphatic heterocycles. The van der Waals surface area contributed by atoms with Crippen LogP contribution >= 0.6 is 0 Å². The number of carbonyl (C=O) groups excluding carboxylic acids is 2. The molecule has 0 fully saturated rings. The first-order valence-electron chi connectivity index (χ1n) is 11.2. The zero-order valence-corrected chi connectivity index (χ0v) is 19.4. The highest BCUT2D eigenvalue weighted by Crippen LogP contribution is 2.28. The summed E-state index contributed by atoms with van der Waals surface area (Å²) < 4.78 is 12.7. The van der Waals surface area contributed by atoms with Gasteiger partial charge in [-0.1, -0.05) is 30.3 Å². The van der Waals surface area contributed by atoms with Crippen molar-refractivity contribution in [3.8, 4) is 11.5 Å². The van der Waals surface area contributed by atoms with Crippen LogP contribution in [0.3, 0.4) is 0 Å². The SMILES string of the molecule is CCOc1ccc(C(=O)NCC(=O)NCc2ccc(Cn3ccccc3=O)cc2)cc1OCC. The Balaban J connectivity index is 1.48. The Morgan fingerprint density at radius 1 is 0.853 bits per heavy atom. The van der Waals surface area contributed by atoms with Gasteiger partial charge in [-0.05, 0) is 49.2 Å². The Labute approximate surface area is 198 Å². The van der Waals surface area contributed by atoms with Crippen LogP contribution in [0.1, 0.15) is 35.3 Å². The van der Waals surface area contributed by atoms with Crippen LogP contribution in [0.25, 0.3) is 0 Å². The van der Waals surface area contributed by atoms with Gasteiger partial charge in [-0.25, -0.2) is 0 Å². The van der Waals surface area contributed by atoms with E-state index in [0.717, 1.165) is 11.1 Å². The minimum atomic E-state index is -0.375. The number of nitrogens with one attached hydrogen (secondary N) is 2. The molecule has 0 atom stereocenters. The molecule has 8 nitrogen and oxygen atoms in total. The molecule has 0 saturated carbocycles. The summed E-state index contributed by atoms with van der Waals surface area (Å²) in [5.41, 5.74) is 2.22. The van der Waals surface area contributed by atoms with Gasteiger partial charge < -0.3 is 24.7 Å². The normalized spacial score (nSPS) is 10.4. The molecule has 3 aromatic rings. The van der Waals surface area contributed by atoms with Crippen molar-refractivity contribution in [3.63, 3.8) is 0 Å². The molecular formula is C26H29N3O5. The van der Waals surface area contributed by atoms with Crippen LogP contribution in [-0.4, -0.2) is 36.1 Å². The molecule has 2 aromatic carbocycles. The molecule has 1 aromatic heterocycles. The maximum atomic E-state index is 12.4. The first-order chi connectivity index (χ1) is 16.5. The van der Waals surface area contributed by atoms with Gasteiger partial charge in [-0.3, -0.25) is 14.4 Å². The lowest BCUT2D eigenvalue weighted by atomic mass is 10.1. The third kappa shape index (κ3) is 6.96. The van der Waals surface area contributed by atoms with Crippen molar-refractivity contribution < 1.29 is 19.1 Å². The number of rotatable bonds is 11. The number of benzene rings is 2. The molecule has 0 spiro atoms. The number of hydrogen-bond acceptors (Lipinski definition) is 5. The molecule has 0 radical (unpaired) electrons. The van der Waals surface area contributed by atoms with Gasteiger partial charge >= 0.3 is 0 Å². The van der Waals surface area contributed by atoms with Crippen molar-refractivity contribution in [2.45, 2.75) is 26.9 Å². The number of pyridine rings is 1. The molecule has 34 heavy (non-hydrogen) atoms. The van der Waals surface area contributed by atoms with Gasteiger partial charge in [0.2, 0.25) is 5.91 Å². The number of ether oxygens (including phenoxy) is 2. The van der Waals surface area contributed by atoms with E-state index >= 15 is 0 Å². The number of aromatic nitrogens is 1.